The third kappa shape index (κ3) is 5.50. The van der Waals surface area contributed by atoms with Gasteiger partial charge in [-0.05, 0) is 31.5 Å². The van der Waals surface area contributed by atoms with E-state index in [1.807, 2.05) is 44.2 Å². The topological polar surface area (TPSA) is 81.1 Å². The van der Waals surface area contributed by atoms with Crippen molar-refractivity contribution in [2.45, 2.75) is 26.4 Å². The third-order valence-electron chi connectivity index (χ3n) is 3.70. The van der Waals surface area contributed by atoms with E-state index in [2.05, 4.69) is 21.7 Å². The van der Waals surface area contributed by atoms with Crippen molar-refractivity contribution in [2.24, 2.45) is 0 Å². The monoisotopic (exact) mass is 337 g/mol. The number of carbonyl (C=O) groups is 1. The predicted molar refractivity (Wildman–Crippen MR) is 98.0 cm³/mol. The fourth-order valence-corrected chi connectivity index (χ4v) is 2.36. The molecule has 0 aliphatic carbocycles. The molecule has 0 spiro atoms. The number of nitrogens with zero attached hydrogens (tertiary/aromatic N) is 3. The minimum atomic E-state index is -0.109. The number of nitriles is 1. The Balaban J connectivity index is 1.84. The molecule has 2 amide bonds. The van der Waals surface area contributed by atoms with Crippen LogP contribution in [0.1, 0.15) is 25.0 Å². The summed E-state index contributed by atoms with van der Waals surface area (Å²) in [5.74, 6) is 0.532. The van der Waals surface area contributed by atoms with Gasteiger partial charge in [-0.1, -0.05) is 30.3 Å². The van der Waals surface area contributed by atoms with Crippen LogP contribution in [0.3, 0.4) is 0 Å². The predicted octanol–water partition coefficient (Wildman–Crippen LogP) is 2.99. The van der Waals surface area contributed by atoms with Crippen molar-refractivity contribution in [1.82, 2.24) is 15.2 Å². The van der Waals surface area contributed by atoms with E-state index in [0.29, 0.717) is 31.0 Å². The Bertz CT molecular complexity index is 724. The van der Waals surface area contributed by atoms with E-state index in [1.165, 1.54) is 0 Å². The lowest BCUT2D eigenvalue weighted by molar-refractivity contribution is 0.180. The Hall–Kier alpha value is -3.07. The zero-order chi connectivity index (χ0) is 18.1. The van der Waals surface area contributed by atoms with Crippen molar-refractivity contribution in [3.8, 4) is 6.07 Å². The van der Waals surface area contributed by atoms with Gasteiger partial charge < -0.3 is 15.5 Å². The maximum Gasteiger partial charge on any atom is 0.317 e. The summed E-state index contributed by atoms with van der Waals surface area (Å²) >= 11 is 0. The van der Waals surface area contributed by atoms with Gasteiger partial charge in [0.2, 0.25) is 0 Å². The van der Waals surface area contributed by atoms with Crippen molar-refractivity contribution in [3.05, 3.63) is 59.8 Å². The van der Waals surface area contributed by atoms with Crippen LogP contribution in [0.15, 0.2) is 48.7 Å². The molecular formula is C19H23N5O. The lowest BCUT2D eigenvalue weighted by Crippen LogP contribution is -2.44. The molecule has 6 heteroatoms. The first-order chi connectivity index (χ1) is 12.1. The van der Waals surface area contributed by atoms with Gasteiger partial charge in [-0.2, -0.15) is 5.26 Å². The van der Waals surface area contributed by atoms with Gasteiger partial charge in [-0.3, -0.25) is 0 Å². The summed E-state index contributed by atoms with van der Waals surface area (Å²) in [7, 11) is 0. The van der Waals surface area contributed by atoms with Crippen LogP contribution in [0.4, 0.5) is 10.6 Å². The molecule has 0 fully saturated rings. The highest BCUT2D eigenvalue weighted by atomic mass is 16.2. The van der Waals surface area contributed by atoms with Gasteiger partial charge in [0.25, 0.3) is 0 Å². The van der Waals surface area contributed by atoms with Gasteiger partial charge in [-0.15, -0.1) is 0 Å². The minimum absolute atomic E-state index is 0.0918. The number of carbonyl (C=O) groups excluding carboxylic acids is 1. The summed E-state index contributed by atoms with van der Waals surface area (Å²) < 4.78 is 0. The van der Waals surface area contributed by atoms with Crippen molar-refractivity contribution in [3.63, 3.8) is 0 Å². The molecule has 0 unspecified atom stereocenters. The maximum absolute atomic E-state index is 12.4. The van der Waals surface area contributed by atoms with E-state index in [-0.39, 0.29) is 12.1 Å². The first kappa shape index (κ1) is 18.3. The van der Waals surface area contributed by atoms with Crippen molar-refractivity contribution in [1.29, 1.82) is 5.26 Å². The molecule has 6 nitrogen and oxygen atoms in total. The molecule has 0 bridgehead atoms. The van der Waals surface area contributed by atoms with Gasteiger partial charge >= 0.3 is 6.03 Å². The van der Waals surface area contributed by atoms with Crippen molar-refractivity contribution in [2.75, 3.05) is 18.4 Å². The number of urea groups is 1. The van der Waals surface area contributed by atoms with Crippen LogP contribution in [0.2, 0.25) is 0 Å². The quantitative estimate of drug-likeness (QED) is 0.761. The number of pyridine rings is 1. The zero-order valence-electron chi connectivity index (χ0n) is 14.6. The Morgan fingerprint density at radius 3 is 2.64 bits per heavy atom. The molecule has 25 heavy (non-hydrogen) atoms. The molecule has 0 radical (unpaired) electrons. The normalized spacial score (nSPS) is 10.2. The molecule has 0 aliphatic heterocycles. The van der Waals surface area contributed by atoms with Gasteiger partial charge in [0.15, 0.2) is 0 Å². The Morgan fingerprint density at radius 2 is 1.96 bits per heavy atom. The Labute approximate surface area is 148 Å². The largest absolute Gasteiger partial charge is 0.367 e. The summed E-state index contributed by atoms with van der Waals surface area (Å²) in [6.45, 7) is 5.49. The van der Waals surface area contributed by atoms with Crippen LogP contribution in [0, 0.1) is 11.3 Å². The first-order valence-corrected chi connectivity index (χ1v) is 8.29. The average Bonchev–Trinajstić information content (AvgIpc) is 2.64. The second-order valence-electron chi connectivity index (χ2n) is 5.88. The van der Waals surface area contributed by atoms with Crippen LogP contribution < -0.4 is 10.6 Å². The number of hydrogen-bond donors (Lipinski definition) is 2. The Morgan fingerprint density at radius 1 is 1.20 bits per heavy atom. The number of amides is 2. The average molecular weight is 337 g/mol. The summed E-state index contributed by atoms with van der Waals surface area (Å²) in [5.41, 5.74) is 1.58. The summed E-state index contributed by atoms with van der Waals surface area (Å²) in [6.07, 6.45) is 1.63. The fourth-order valence-electron chi connectivity index (χ4n) is 2.36. The van der Waals surface area contributed by atoms with Crippen LogP contribution in [-0.4, -0.2) is 35.0 Å². The molecule has 2 rings (SSSR count). The molecule has 2 N–H and O–H groups in total. The van der Waals surface area contributed by atoms with E-state index < -0.39 is 0 Å². The number of rotatable bonds is 7. The second kappa shape index (κ2) is 9.28. The first-order valence-electron chi connectivity index (χ1n) is 8.29. The number of aromatic nitrogens is 1. The smallest absolute Gasteiger partial charge is 0.317 e. The SMILES string of the molecule is CC(C)N(Cc1ccccc1)C(=O)NCCNc1ncccc1C#N. The molecule has 2 aromatic rings. The Kier molecular flexibility index (Phi) is 6.78. The molecule has 0 aliphatic rings. The second-order valence-corrected chi connectivity index (χ2v) is 5.88. The summed E-state index contributed by atoms with van der Waals surface area (Å²) in [5, 5.41) is 15.0. The van der Waals surface area contributed by atoms with Crippen molar-refractivity contribution < 1.29 is 4.79 Å². The van der Waals surface area contributed by atoms with Gasteiger partial charge in [0.1, 0.15) is 11.9 Å². The van der Waals surface area contributed by atoms with E-state index >= 15 is 0 Å². The lowest BCUT2D eigenvalue weighted by Gasteiger charge is -2.27. The molecule has 0 saturated heterocycles. The van der Waals surface area contributed by atoms with Gasteiger partial charge in [0, 0.05) is 31.9 Å². The van der Waals surface area contributed by atoms with Gasteiger partial charge in [-0.25, -0.2) is 9.78 Å². The molecule has 1 aromatic heterocycles. The number of benzene rings is 1. The van der Waals surface area contributed by atoms with E-state index in [4.69, 9.17) is 5.26 Å². The van der Waals surface area contributed by atoms with Crippen LogP contribution in [0.25, 0.3) is 0 Å². The number of anilines is 1. The molecule has 1 heterocycles. The van der Waals surface area contributed by atoms with E-state index in [9.17, 15) is 4.79 Å². The zero-order valence-corrected chi connectivity index (χ0v) is 14.6. The van der Waals surface area contributed by atoms with Crippen LogP contribution in [0.5, 0.6) is 0 Å². The van der Waals surface area contributed by atoms with E-state index in [0.717, 1.165) is 5.56 Å². The van der Waals surface area contributed by atoms with Gasteiger partial charge in [0.05, 0.1) is 5.56 Å². The highest BCUT2D eigenvalue weighted by molar-refractivity contribution is 5.74. The van der Waals surface area contributed by atoms with Crippen molar-refractivity contribution >= 4 is 11.8 Å². The van der Waals surface area contributed by atoms with Crippen LogP contribution >= 0.6 is 0 Å². The summed E-state index contributed by atoms with van der Waals surface area (Å²) in [4.78, 5) is 18.4. The van der Waals surface area contributed by atoms with E-state index in [1.54, 1.807) is 23.2 Å². The van der Waals surface area contributed by atoms with Crippen LogP contribution in [-0.2, 0) is 6.54 Å². The fraction of sp³-hybridized carbons (Fsp3) is 0.316. The maximum atomic E-state index is 12.4. The molecular weight excluding hydrogens is 314 g/mol. The molecule has 0 saturated carbocycles. The lowest BCUT2D eigenvalue weighted by atomic mass is 10.2. The molecule has 0 atom stereocenters. The minimum Gasteiger partial charge on any atom is -0.367 e. The molecule has 130 valence electrons. The molecule has 1 aromatic carbocycles. The highest BCUT2D eigenvalue weighted by Gasteiger charge is 2.16. The highest BCUT2D eigenvalue weighted by Crippen LogP contribution is 2.09. The number of nitrogens with one attached hydrogen (secondary N) is 2. The number of hydrogen-bond acceptors (Lipinski definition) is 4. The summed E-state index contributed by atoms with van der Waals surface area (Å²) in [6, 6.07) is 15.4. The standard InChI is InChI=1S/C19H23N5O/c1-15(2)24(14-16-7-4-3-5-8-16)19(25)23-12-11-22-18-17(13-20)9-6-10-21-18/h3-10,15H,11-12,14H2,1-2H3,(H,21,22)(H,23,25). The third-order valence-corrected chi connectivity index (χ3v) is 3.70.